The van der Waals surface area contributed by atoms with Gasteiger partial charge < -0.3 is 15.4 Å². The van der Waals surface area contributed by atoms with Gasteiger partial charge in [0, 0.05) is 12.5 Å². The van der Waals surface area contributed by atoms with Crippen molar-refractivity contribution in [1.82, 2.24) is 4.90 Å². The first-order valence-corrected chi connectivity index (χ1v) is 6.92. The van der Waals surface area contributed by atoms with Gasteiger partial charge in [0.15, 0.2) is 5.78 Å². The number of hydrogen-bond donors (Lipinski definition) is 1. The minimum Gasteiger partial charge on any atom is -0.496 e. The number of ether oxygens (including phenoxy) is 1. The second kappa shape index (κ2) is 7.85. The minimum absolute atomic E-state index is 0.0125. The third-order valence-electron chi connectivity index (χ3n) is 3.39. The molecule has 0 atom stereocenters. The lowest BCUT2D eigenvalue weighted by Gasteiger charge is -2.17. The lowest BCUT2D eigenvalue weighted by Crippen LogP contribution is -2.24. The molecule has 1 rings (SSSR count). The van der Waals surface area contributed by atoms with E-state index in [1.165, 1.54) is 13.2 Å². The van der Waals surface area contributed by atoms with Gasteiger partial charge in [-0.05, 0) is 32.1 Å². The first-order valence-electron chi connectivity index (χ1n) is 6.92. The molecular weight excluding hydrogens is 259 g/mol. The Morgan fingerprint density at radius 3 is 2.55 bits per heavy atom. The molecule has 0 aromatic heterocycles. The number of carbonyl (C=O) groups is 1. The number of nitrogens with zero attached hydrogens (tertiary/aromatic N) is 1. The molecule has 1 aromatic rings. The Balaban J connectivity index is 2.70. The largest absolute Gasteiger partial charge is 0.496 e. The smallest absolute Gasteiger partial charge is 0.166 e. The molecule has 0 aliphatic heterocycles. The lowest BCUT2D eigenvalue weighted by molar-refractivity contribution is 0.0972. The molecule has 0 amide bonds. The Morgan fingerprint density at radius 1 is 1.35 bits per heavy atom. The van der Waals surface area contributed by atoms with Gasteiger partial charge in [-0.15, -0.1) is 0 Å². The van der Waals surface area contributed by atoms with Crippen molar-refractivity contribution in [3.05, 3.63) is 23.5 Å². The van der Waals surface area contributed by atoms with Crippen LogP contribution in [0.1, 0.15) is 37.0 Å². The van der Waals surface area contributed by atoms with Gasteiger partial charge >= 0.3 is 0 Å². The number of rotatable bonds is 8. The molecule has 0 aliphatic rings. The van der Waals surface area contributed by atoms with Crippen LogP contribution in [-0.2, 0) is 0 Å². The second-order valence-corrected chi connectivity index (χ2v) is 4.63. The molecule has 112 valence electrons. The van der Waals surface area contributed by atoms with E-state index in [-0.39, 0.29) is 17.0 Å². The average Bonchev–Trinajstić information content (AvgIpc) is 2.45. The van der Waals surface area contributed by atoms with Crippen molar-refractivity contribution >= 4 is 11.5 Å². The van der Waals surface area contributed by atoms with E-state index in [2.05, 4.69) is 18.7 Å². The Morgan fingerprint density at radius 2 is 2.00 bits per heavy atom. The zero-order chi connectivity index (χ0) is 15.1. The van der Waals surface area contributed by atoms with Gasteiger partial charge in [-0.3, -0.25) is 4.79 Å². The summed E-state index contributed by atoms with van der Waals surface area (Å²) in [5.74, 6) is -0.373. The van der Waals surface area contributed by atoms with E-state index in [1.54, 1.807) is 0 Å². The van der Waals surface area contributed by atoms with Crippen LogP contribution in [0.4, 0.5) is 10.1 Å². The summed E-state index contributed by atoms with van der Waals surface area (Å²) in [6, 6.07) is 2.51. The molecule has 0 saturated carbocycles. The number of benzene rings is 1. The van der Waals surface area contributed by atoms with Crippen LogP contribution in [0.3, 0.4) is 0 Å². The van der Waals surface area contributed by atoms with Crippen molar-refractivity contribution < 1.29 is 13.9 Å². The fraction of sp³-hybridized carbons (Fsp3) is 0.533. The summed E-state index contributed by atoms with van der Waals surface area (Å²) in [5.41, 5.74) is 5.72. The number of methoxy groups -OCH3 is 1. The van der Waals surface area contributed by atoms with Crippen LogP contribution in [0.15, 0.2) is 12.1 Å². The predicted octanol–water partition coefficient (Wildman–Crippen LogP) is 2.72. The van der Waals surface area contributed by atoms with E-state index in [9.17, 15) is 9.18 Å². The van der Waals surface area contributed by atoms with Crippen molar-refractivity contribution in [2.24, 2.45) is 0 Å². The highest BCUT2D eigenvalue weighted by molar-refractivity contribution is 5.99. The predicted molar refractivity (Wildman–Crippen MR) is 78.7 cm³/mol. The SMILES string of the molecule is CCN(CC)CCCC(=O)c1cc(F)c(N)cc1OC. The quantitative estimate of drug-likeness (QED) is 0.588. The maximum Gasteiger partial charge on any atom is 0.166 e. The first kappa shape index (κ1) is 16.4. The number of nitrogen functional groups attached to an aromatic ring is 1. The molecule has 5 heteroatoms. The van der Waals surface area contributed by atoms with E-state index < -0.39 is 5.82 Å². The highest BCUT2D eigenvalue weighted by atomic mass is 19.1. The molecule has 1 aromatic carbocycles. The van der Waals surface area contributed by atoms with Crippen molar-refractivity contribution in [2.75, 3.05) is 32.5 Å². The number of nitrogens with two attached hydrogens (primary N) is 1. The summed E-state index contributed by atoms with van der Waals surface area (Å²) >= 11 is 0. The molecule has 2 N–H and O–H groups in total. The van der Waals surface area contributed by atoms with Crippen LogP contribution in [0.2, 0.25) is 0 Å². The molecular formula is C15H23FN2O2. The van der Waals surface area contributed by atoms with Crippen molar-refractivity contribution in [1.29, 1.82) is 0 Å². The Bertz CT molecular complexity index is 459. The van der Waals surface area contributed by atoms with Crippen molar-refractivity contribution in [3.8, 4) is 5.75 Å². The van der Waals surface area contributed by atoms with E-state index in [0.29, 0.717) is 12.2 Å². The van der Waals surface area contributed by atoms with E-state index in [1.807, 2.05) is 0 Å². The Kier molecular flexibility index (Phi) is 6.45. The molecule has 0 spiro atoms. The third-order valence-corrected chi connectivity index (χ3v) is 3.39. The summed E-state index contributed by atoms with van der Waals surface area (Å²) in [6.07, 6.45) is 1.12. The molecule has 0 unspecified atom stereocenters. The zero-order valence-corrected chi connectivity index (χ0v) is 12.4. The highest BCUT2D eigenvalue weighted by Crippen LogP contribution is 2.26. The van der Waals surface area contributed by atoms with Crippen molar-refractivity contribution in [3.63, 3.8) is 0 Å². The van der Waals surface area contributed by atoms with Gasteiger partial charge in [-0.1, -0.05) is 13.8 Å². The van der Waals surface area contributed by atoms with Crippen LogP contribution in [0.25, 0.3) is 0 Å². The van der Waals surface area contributed by atoms with Crippen LogP contribution in [-0.4, -0.2) is 37.4 Å². The maximum absolute atomic E-state index is 13.5. The van der Waals surface area contributed by atoms with Gasteiger partial charge in [0.1, 0.15) is 11.6 Å². The normalized spacial score (nSPS) is 10.8. The molecule has 0 fully saturated rings. The number of anilines is 1. The van der Waals surface area contributed by atoms with E-state index in [4.69, 9.17) is 10.5 Å². The summed E-state index contributed by atoms with van der Waals surface area (Å²) in [7, 11) is 1.44. The maximum atomic E-state index is 13.5. The van der Waals surface area contributed by atoms with Gasteiger partial charge in [0.05, 0.1) is 18.4 Å². The Labute approximate surface area is 119 Å². The van der Waals surface area contributed by atoms with Gasteiger partial charge in [0.2, 0.25) is 0 Å². The van der Waals surface area contributed by atoms with E-state index in [0.717, 1.165) is 32.1 Å². The topological polar surface area (TPSA) is 55.6 Å². The molecule has 0 saturated heterocycles. The summed E-state index contributed by atoms with van der Waals surface area (Å²) in [4.78, 5) is 14.4. The minimum atomic E-state index is -0.585. The molecule has 0 aliphatic carbocycles. The Hall–Kier alpha value is -1.62. The highest BCUT2D eigenvalue weighted by Gasteiger charge is 2.15. The van der Waals surface area contributed by atoms with Crippen LogP contribution < -0.4 is 10.5 Å². The number of hydrogen-bond acceptors (Lipinski definition) is 4. The second-order valence-electron chi connectivity index (χ2n) is 4.63. The van der Waals surface area contributed by atoms with E-state index >= 15 is 0 Å². The molecule has 4 nitrogen and oxygen atoms in total. The number of halogens is 1. The zero-order valence-electron chi connectivity index (χ0n) is 12.4. The van der Waals surface area contributed by atoms with Gasteiger partial charge in [-0.2, -0.15) is 0 Å². The van der Waals surface area contributed by atoms with Gasteiger partial charge in [0.25, 0.3) is 0 Å². The average molecular weight is 282 g/mol. The molecule has 0 radical (unpaired) electrons. The summed E-state index contributed by atoms with van der Waals surface area (Å²) < 4.78 is 18.6. The van der Waals surface area contributed by atoms with Crippen molar-refractivity contribution in [2.45, 2.75) is 26.7 Å². The summed E-state index contributed by atoms with van der Waals surface area (Å²) in [6.45, 7) is 6.96. The monoisotopic (exact) mass is 282 g/mol. The first-order chi connectivity index (χ1) is 9.53. The molecule has 0 bridgehead atoms. The van der Waals surface area contributed by atoms with Crippen LogP contribution >= 0.6 is 0 Å². The standard InChI is InChI=1S/C15H23FN2O2/c1-4-18(5-2)8-6-7-14(19)11-9-12(16)13(17)10-15(11)20-3/h9-10H,4-8,17H2,1-3H3. The molecule has 20 heavy (non-hydrogen) atoms. The fourth-order valence-electron chi connectivity index (χ4n) is 2.09. The molecule has 0 heterocycles. The summed E-state index contributed by atoms with van der Waals surface area (Å²) in [5, 5.41) is 0. The lowest BCUT2D eigenvalue weighted by atomic mass is 10.0. The van der Waals surface area contributed by atoms with Crippen LogP contribution in [0.5, 0.6) is 5.75 Å². The number of carbonyl (C=O) groups excluding carboxylic acids is 1. The third kappa shape index (κ3) is 4.20. The number of Topliss-reactive ketones (excluding diaryl/α,β-unsaturated/α-hetero) is 1. The number of ketones is 1. The van der Waals surface area contributed by atoms with Crippen LogP contribution in [0, 0.1) is 5.82 Å². The fourth-order valence-corrected chi connectivity index (χ4v) is 2.09. The van der Waals surface area contributed by atoms with Gasteiger partial charge in [-0.25, -0.2) is 4.39 Å².